The Kier molecular flexibility index (Phi) is 5.49. The fraction of sp³-hybridized carbons (Fsp3) is 0.143. The molecule has 26 heavy (non-hydrogen) atoms. The number of rotatable bonds is 6. The molecule has 1 aromatic heterocycles. The van der Waals surface area contributed by atoms with E-state index in [1.807, 2.05) is 54.6 Å². The molecule has 0 saturated heterocycles. The highest BCUT2D eigenvalue weighted by atomic mass is 16.5. The van der Waals surface area contributed by atoms with Gasteiger partial charge in [0.05, 0.1) is 7.11 Å². The van der Waals surface area contributed by atoms with Crippen LogP contribution >= 0.6 is 0 Å². The predicted octanol–water partition coefficient (Wildman–Crippen LogP) is 4.42. The Morgan fingerprint density at radius 2 is 1.85 bits per heavy atom. The highest BCUT2D eigenvalue weighted by Gasteiger charge is 2.12. The van der Waals surface area contributed by atoms with E-state index in [2.05, 4.69) is 4.98 Å². The van der Waals surface area contributed by atoms with Crippen molar-refractivity contribution in [2.24, 2.45) is 0 Å². The third-order valence-electron chi connectivity index (χ3n) is 3.79. The zero-order valence-corrected chi connectivity index (χ0v) is 14.6. The Morgan fingerprint density at radius 1 is 1.12 bits per heavy atom. The molecule has 0 unspecified atom stereocenters. The van der Waals surface area contributed by atoms with Gasteiger partial charge in [0, 0.05) is 11.6 Å². The number of esters is 1. The van der Waals surface area contributed by atoms with E-state index in [1.54, 1.807) is 20.1 Å². The van der Waals surface area contributed by atoms with Gasteiger partial charge in [-0.15, -0.1) is 0 Å². The summed E-state index contributed by atoms with van der Waals surface area (Å²) in [5.74, 6) is 1.48. The van der Waals surface area contributed by atoms with Gasteiger partial charge < -0.3 is 13.9 Å². The average molecular weight is 349 g/mol. The average Bonchev–Trinajstić information content (AvgIpc) is 3.06. The smallest absolute Gasteiger partial charge is 0.331 e. The van der Waals surface area contributed by atoms with Crippen LogP contribution < -0.4 is 4.74 Å². The molecule has 0 bridgehead atoms. The molecule has 0 N–H and O–H groups in total. The number of carbonyl (C=O) groups is 1. The Bertz CT molecular complexity index is 896. The van der Waals surface area contributed by atoms with Gasteiger partial charge in [-0.2, -0.15) is 0 Å². The molecule has 0 atom stereocenters. The van der Waals surface area contributed by atoms with Gasteiger partial charge in [-0.3, -0.25) is 0 Å². The molecule has 0 aliphatic rings. The van der Waals surface area contributed by atoms with Gasteiger partial charge in [-0.25, -0.2) is 9.78 Å². The number of oxazole rings is 1. The SMILES string of the molecule is COc1ccc(/C=C/C(=O)OCc2nc(-c3ccccc3)oc2C)cc1. The molecule has 0 saturated carbocycles. The lowest BCUT2D eigenvalue weighted by molar-refractivity contribution is -0.139. The number of methoxy groups -OCH3 is 1. The summed E-state index contributed by atoms with van der Waals surface area (Å²) < 4.78 is 16.0. The van der Waals surface area contributed by atoms with Gasteiger partial charge in [0.15, 0.2) is 0 Å². The first kappa shape index (κ1) is 17.5. The van der Waals surface area contributed by atoms with Crippen molar-refractivity contribution in [3.05, 3.63) is 77.7 Å². The minimum atomic E-state index is -0.440. The van der Waals surface area contributed by atoms with Crippen molar-refractivity contribution in [1.29, 1.82) is 0 Å². The second-order valence-electron chi connectivity index (χ2n) is 5.60. The maximum Gasteiger partial charge on any atom is 0.331 e. The van der Waals surface area contributed by atoms with E-state index in [1.165, 1.54) is 6.08 Å². The zero-order valence-electron chi connectivity index (χ0n) is 14.6. The number of ether oxygens (including phenoxy) is 2. The van der Waals surface area contributed by atoms with Gasteiger partial charge in [0.1, 0.15) is 23.8 Å². The number of aromatic nitrogens is 1. The van der Waals surface area contributed by atoms with E-state index in [-0.39, 0.29) is 6.61 Å². The van der Waals surface area contributed by atoms with Crippen molar-refractivity contribution in [3.63, 3.8) is 0 Å². The van der Waals surface area contributed by atoms with Crippen LogP contribution in [-0.4, -0.2) is 18.1 Å². The first-order chi connectivity index (χ1) is 12.7. The minimum Gasteiger partial charge on any atom is -0.497 e. The molecule has 132 valence electrons. The molecule has 0 amide bonds. The summed E-state index contributed by atoms with van der Waals surface area (Å²) in [5.41, 5.74) is 2.37. The summed E-state index contributed by atoms with van der Waals surface area (Å²) in [4.78, 5) is 16.3. The molecule has 0 fully saturated rings. The molecule has 2 aromatic carbocycles. The molecule has 0 radical (unpaired) electrons. The second kappa shape index (κ2) is 8.16. The lowest BCUT2D eigenvalue weighted by Crippen LogP contribution is -2.02. The first-order valence-corrected chi connectivity index (χ1v) is 8.16. The van der Waals surface area contributed by atoms with E-state index in [9.17, 15) is 4.79 Å². The third-order valence-corrected chi connectivity index (χ3v) is 3.79. The molecule has 3 aromatic rings. The van der Waals surface area contributed by atoms with Crippen LogP contribution in [0, 0.1) is 6.92 Å². The van der Waals surface area contributed by atoms with Crippen LogP contribution in [0.1, 0.15) is 17.0 Å². The van der Waals surface area contributed by atoms with E-state index >= 15 is 0 Å². The van der Waals surface area contributed by atoms with Crippen LogP contribution in [0.15, 0.2) is 65.1 Å². The molecule has 0 spiro atoms. The van der Waals surface area contributed by atoms with Crippen molar-refractivity contribution in [2.75, 3.05) is 7.11 Å². The van der Waals surface area contributed by atoms with Gasteiger partial charge in [-0.1, -0.05) is 30.3 Å². The number of nitrogens with zero attached hydrogens (tertiary/aromatic N) is 1. The lowest BCUT2D eigenvalue weighted by Gasteiger charge is -2.00. The summed E-state index contributed by atoms with van der Waals surface area (Å²) in [6, 6.07) is 17.0. The predicted molar refractivity (Wildman–Crippen MR) is 98.5 cm³/mol. The van der Waals surface area contributed by atoms with Crippen molar-refractivity contribution in [3.8, 4) is 17.2 Å². The molecular formula is C21H19NO4. The fourth-order valence-corrected chi connectivity index (χ4v) is 2.33. The first-order valence-electron chi connectivity index (χ1n) is 8.16. The van der Waals surface area contributed by atoms with Crippen molar-refractivity contribution in [1.82, 2.24) is 4.98 Å². The third kappa shape index (κ3) is 4.39. The molecule has 1 heterocycles. The summed E-state index contributed by atoms with van der Waals surface area (Å²) in [6.07, 6.45) is 3.07. The number of aryl methyl sites for hydroxylation is 1. The van der Waals surface area contributed by atoms with Crippen molar-refractivity contribution in [2.45, 2.75) is 13.5 Å². The van der Waals surface area contributed by atoms with Crippen LogP contribution in [0.4, 0.5) is 0 Å². The van der Waals surface area contributed by atoms with Crippen LogP contribution in [0.25, 0.3) is 17.5 Å². The van der Waals surface area contributed by atoms with Gasteiger partial charge >= 0.3 is 5.97 Å². The normalized spacial score (nSPS) is 10.8. The maximum atomic E-state index is 11.9. The zero-order chi connectivity index (χ0) is 18.4. The van der Waals surface area contributed by atoms with Crippen LogP contribution in [0.2, 0.25) is 0 Å². The molecular weight excluding hydrogens is 330 g/mol. The monoisotopic (exact) mass is 349 g/mol. The second-order valence-corrected chi connectivity index (χ2v) is 5.60. The number of hydrogen-bond acceptors (Lipinski definition) is 5. The quantitative estimate of drug-likeness (QED) is 0.487. The van der Waals surface area contributed by atoms with Gasteiger partial charge in [-0.05, 0) is 42.8 Å². The van der Waals surface area contributed by atoms with Crippen molar-refractivity contribution >= 4 is 12.0 Å². The fourth-order valence-electron chi connectivity index (χ4n) is 2.33. The number of carbonyl (C=O) groups excluding carboxylic acids is 1. The minimum absolute atomic E-state index is 0.0634. The summed E-state index contributed by atoms with van der Waals surface area (Å²) in [5, 5.41) is 0. The summed E-state index contributed by atoms with van der Waals surface area (Å²) >= 11 is 0. The van der Waals surface area contributed by atoms with E-state index < -0.39 is 5.97 Å². The van der Waals surface area contributed by atoms with E-state index in [0.29, 0.717) is 17.3 Å². The Hall–Kier alpha value is -3.34. The Balaban J connectivity index is 1.59. The van der Waals surface area contributed by atoms with Gasteiger partial charge in [0.25, 0.3) is 0 Å². The van der Waals surface area contributed by atoms with Crippen LogP contribution in [0.3, 0.4) is 0 Å². The Labute approximate surface area is 151 Å². The molecule has 5 nitrogen and oxygen atoms in total. The van der Waals surface area contributed by atoms with Crippen LogP contribution in [-0.2, 0) is 16.1 Å². The Morgan fingerprint density at radius 3 is 2.54 bits per heavy atom. The summed E-state index contributed by atoms with van der Waals surface area (Å²) in [6.45, 7) is 1.86. The molecule has 0 aliphatic heterocycles. The lowest BCUT2D eigenvalue weighted by atomic mass is 10.2. The highest BCUT2D eigenvalue weighted by molar-refractivity contribution is 5.87. The van der Waals surface area contributed by atoms with E-state index in [4.69, 9.17) is 13.9 Å². The van der Waals surface area contributed by atoms with Gasteiger partial charge in [0.2, 0.25) is 5.89 Å². The van der Waals surface area contributed by atoms with Crippen LogP contribution in [0.5, 0.6) is 5.75 Å². The molecule has 5 heteroatoms. The maximum absolute atomic E-state index is 11.9. The standard InChI is InChI=1S/C21H19NO4/c1-15-19(22-21(26-15)17-6-4-3-5-7-17)14-25-20(23)13-10-16-8-11-18(24-2)12-9-16/h3-13H,14H2,1-2H3/b13-10+. The topological polar surface area (TPSA) is 61.6 Å². The number of hydrogen-bond donors (Lipinski definition) is 0. The number of benzene rings is 2. The largest absolute Gasteiger partial charge is 0.497 e. The molecule has 3 rings (SSSR count). The highest BCUT2D eigenvalue weighted by Crippen LogP contribution is 2.21. The summed E-state index contributed by atoms with van der Waals surface area (Å²) in [7, 11) is 1.61. The van der Waals surface area contributed by atoms with E-state index in [0.717, 1.165) is 16.9 Å². The van der Waals surface area contributed by atoms with Crippen molar-refractivity contribution < 1.29 is 18.7 Å². The molecule has 0 aliphatic carbocycles.